The van der Waals surface area contributed by atoms with Gasteiger partial charge in [0, 0.05) is 18.7 Å². The molecule has 142 valence electrons. The Kier molecular flexibility index (Phi) is 3.77. The third-order valence-corrected chi connectivity index (χ3v) is 6.20. The molecule has 0 atom stereocenters. The molecule has 6 nitrogen and oxygen atoms in total. The van der Waals surface area contributed by atoms with Crippen molar-refractivity contribution >= 4 is 43.6 Å². The molecule has 0 spiro atoms. The van der Waals surface area contributed by atoms with Crippen LogP contribution in [0.2, 0.25) is 0 Å². The first-order valence-corrected chi connectivity index (χ1v) is 10.3. The van der Waals surface area contributed by atoms with Crippen LogP contribution in [0.3, 0.4) is 0 Å². The van der Waals surface area contributed by atoms with Crippen LogP contribution in [0.25, 0.3) is 21.3 Å². The molecule has 3 aromatic heterocycles. The number of fused-ring (bicyclic) bond motifs is 2. The van der Waals surface area contributed by atoms with Gasteiger partial charge >= 0.3 is 0 Å². The molecule has 1 aromatic carbocycles. The largest absolute Gasteiger partial charge is 0.298 e. The highest BCUT2D eigenvalue weighted by Crippen LogP contribution is 2.40. The van der Waals surface area contributed by atoms with Crippen LogP contribution in [-0.2, 0) is 7.05 Å². The van der Waals surface area contributed by atoms with Crippen LogP contribution in [0.5, 0.6) is 0 Å². The first-order chi connectivity index (χ1) is 13.4. The number of nitrogens with one attached hydrogen (secondary N) is 1. The van der Waals surface area contributed by atoms with Gasteiger partial charge in [-0.25, -0.2) is 9.97 Å². The molecule has 4 aromatic rings. The molecule has 1 aliphatic carbocycles. The number of carbonyl (C=O) groups excluding carboxylic acids is 1. The summed E-state index contributed by atoms with van der Waals surface area (Å²) in [6, 6.07) is 6.16. The van der Waals surface area contributed by atoms with E-state index in [0.717, 1.165) is 51.0 Å². The number of anilines is 1. The lowest BCUT2D eigenvalue weighted by atomic mass is 10.1. The van der Waals surface area contributed by atoms with E-state index in [1.54, 1.807) is 4.68 Å². The third kappa shape index (κ3) is 2.77. The summed E-state index contributed by atoms with van der Waals surface area (Å²) in [6.07, 6.45) is 2.26. The zero-order valence-electron chi connectivity index (χ0n) is 16.3. The summed E-state index contributed by atoms with van der Waals surface area (Å²) < 4.78 is 2.85. The second-order valence-electron chi connectivity index (χ2n) is 7.68. The number of carbonyl (C=O) groups is 1. The van der Waals surface area contributed by atoms with Crippen molar-refractivity contribution in [2.75, 3.05) is 5.32 Å². The van der Waals surface area contributed by atoms with E-state index in [2.05, 4.69) is 34.5 Å². The summed E-state index contributed by atoms with van der Waals surface area (Å²) >= 11 is 1.51. The van der Waals surface area contributed by atoms with Crippen molar-refractivity contribution in [2.24, 2.45) is 7.05 Å². The number of pyridine rings is 1. The van der Waals surface area contributed by atoms with Crippen molar-refractivity contribution in [1.29, 1.82) is 0 Å². The Morgan fingerprint density at radius 1 is 1.18 bits per heavy atom. The van der Waals surface area contributed by atoms with Gasteiger partial charge in [0.05, 0.1) is 26.9 Å². The number of hydrogen-bond donors (Lipinski definition) is 1. The number of amides is 1. The Hall–Kier alpha value is -2.80. The number of aromatic nitrogens is 4. The molecule has 0 aliphatic heterocycles. The van der Waals surface area contributed by atoms with Gasteiger partial charge in [0.15, 0.2) is 10.8 Å². The van der Waals surface area contributed by atoms with Crippen molar-refractivity contribution in [3.63, 3.8) is 0 Å². The van der Waals surface area contributed by atoms with Gasteiger partial charge in [0.25, 0.3) is 5.91 Å². The first kappa shape index (κ1) is 17.3. The fourth-order valence-electron chi connectivity index (χ4n) is 3.82. The lowest BCUT2D eigenvalue weighted by molar-refractivity contribution is 0.102. The Bertz CT molecular complexity index is 1270. The third-order valence-electron chi connectivity index (χ3n) is 5.28. The molecular weight excluding hydrogens is 370 g/mol. The molecule has 0 bridgehead atoms. The van der Waals surface area contributed by atoms with Gasteiger partial charge in [0.1, 0.15) is 0 Å². The Morgan fingerprint density at radius 3 is 2.71 bits per heavy atom. The number of aryl methyl sites for hydroxylation is 4. The van der Waals surface area contributed by atoms with Gasteiger partial charge in [-0.15, -0.1) is 0 Å². The molecule has 1 N–H and O–H groups in total. The van der Waals surface area contributed by atoms with E-state index in [9.17, 15) is 4.79 Å². The summed E-state index contributed by atoms with van der Waals surface area (Å²) in [7, 11) is 1.87. The molecular formula is C21H21N5OS. The average molecular weight is 392 g/mol. The number of rotatable bonds is 3. The minimum absolute atomic E-state index is 0.154. The van der Waals surface area contributed by atoms with Crippen LogP contribution in [-0.4, -0.2) is 25.7 Å². The normalized spacial score (nSPS) is 14.1. The minimum atomic E-state index is -0.154. The SMILES string of the molecule is Cc1cc(C)c2nc(NC(=O)c3cc(C4CC4)nc4c3c(C)nn4C)sc2c1. The smallest absolute Gasteiger partial charge is 0.258 e. The van der Waals surface area contributed by atoms with E-state index >= 15 is 0 Å². The quantitative estimate of drug-likeness (QED) is 0.552. The highest BCUT2D eigenvalue weighted by Gasteiger charge is 2.28. The van der Waals surface area contributed by atoms with Gasteiger partial charge in [-0.05, 0) is 56.9 Å². The Morgan fingerprint density at radius 2 is 1.96 bits per heavy atom. The van der Waals surface area contributed by atoms with Crippen molar-refractivity contribution < 1.29 is 4.79 Å². The number of hydrogen-bond acceptors (Lipinski definition) is 5. The molecule has 1 aliphatic rings. The topological polar surface area (TPSA) is 72.7 Å². The molecule has 1 fully saturated rings. The number of nitrogens with zero attached hydrogens (tertiary/aromatic N) is 4. The fraction of sp³-hybridized carbons (Fsp3) is 0.333. The summed E-state index contributed by atoms with van der Waals surface area (Å²) in [5.74, 6) is 0.304. The van der Waals surface area contributed by atoms with Crippen molar-refractivity contribution in [2.45, 2.75) is 39.5 Å². The predicted octanol–water partition coefficient (Wildman–Crippen LogP) is 4.63. The molecule has 5 rings (SSSR count). The molecule has 0 saturated heterocycles. The maximum Gasteiger partial charge on any atom is 0.258 e. The second kappa shape index (κ2) is 6.10. The zero-order valence-corrected chi connectivity index (χ0v) is 17.1. The second-order valence-corrected chi connectivity index (χ2v) is 8.71. The Labute approximate surface area is 166 Å². The van der Waals surface area contributed by atoms with Crippen molar-refractivity contribution in [3.8, 4) is 0 Å². The maximum atomic E-state index is 13.2. The van der Waals surface area contributed by atoms with E-state index in [1.807, 2.05) is 27.0 Å². The molecule has 1 amide bonds. The molecule has 7 heteroatoms. The molecule has 28 heavy (non-hydrogen) atoms. The van der Waals surface area contributed by atoms with Crippen molar-refractivity contribution in [3.05, 3.63) is 46.3 Å². The van der Waals surface area contributed by atoms with Gasteiger partial charge in [-0.1, -0.05) is 17.4 Å². The minimum Gasteiger partial charge on any atom is -0.298 e. The fourth-order valence-corrected chi connectivity index (χ4v) is 4.86. The first-order valence-electron chi connectivity index (χ1n) is 9.44. The van der Waals surface area contributed by atoms with Crippen LogP contribution in [0.15, 0.2) is 18.2 Å². The van der Waals surface area contributed by atoms with Crippen LogP contribution in [0, 0.1) is 20.8 Å². The molecule has 1 saturated carbocycles. The van der Waals surface area contributed by atoms with E-state index < -0.39 is 0 Å². The maximum absolute atomic E-state index is 13.2. The molecule has 0 unspecified atom stereocenters. The summed E-state index contributed by atoms with van der Waals surface area (Å²) in [6.45, 7) is 6.04. The van der Waals surface area contributed by atoms with Gasteiger partial charge in [-0.2, -0.15) is 5.10 Å². The lowest BCUT2D eigenvalue weighted by Crippen LogP contribution is -2.13. The van der Waals surface area contributed by atoms with Gasteiger partial charge < -0.3 is 0 Å². The zero-order chi connectivity index (χ0) is 19.6. The van der Waals surface area contributed by atoms with Crippen LogP contribution >= 0.6 is 11.3 Å². The molecule has 3 heterocycles. The van der Waals surface area contributed by atoms with Crippen LogP contribution < -0.4 is 5.32 Å². The lowest BCUT2D eigenvalue weighted by Gasteiger charge is -2.07. The van der Waals surface area contributed by atoms with Gasteiger partial charge in [-0.3, -0.25) is 14.8 Å². The molecule has 0 radical (unpaired) electrons. The predicted molar refractivity (Wildman–Crippen MR) is 112 cm³/mol. The summed E-state index contributed by atoms with van der Waals surface area (Å²) in [5.41, 5.74) is 6.46. The van der Waals surface area contributed by atoms with Crippen LogP contribution in [0.1, 0.15) is 51.6 Å². The monoisotopic (exact) mass is 391 g/mol. The summed E-state index contributed by atoms with van der Waals surface area (Å²) in [4.78, 5) is 22.6. The van der Waals surface area contributed by atoms with Gasteiger partial charge in [0.2, 0.25) is 0 Å². The highest BCUT2D eigenvalue weighted by atomic mass is 32.1. The average Bonchev–Trinajstić information content (AvgIpc) is 3.35. The Balaban J connectivity index is 1.58. The number of benzene rings is 1. The van der Waals surface area contributed by atoms with E-state index in [0.29, 0.717) is 16.6 Å². The van der Waals surface area contributed by atoms with E-state index in [1.165, 1.54) is 16.9 Å². The standard InChI is InChI=1S/C21H21N5OS/c1-10-7-11(2)18-16(8-10)28-21(23-18)24-20(27)14-9-15(13-5-6-13)22-19-17(14)12(3)25-26(19)4/h7-9,13H,5-6H2,1-4H3,(H,23,24,27). The van der Waals surface area contributed by atoms with Crippen LogP contribution in [0.4, 0.5) is 5.13 Å². The van der Waals surface area contributed by atoms with E-state index in [-0.39, 0.29) is 5.91 Å². The van der Waals surface area contributed by atoms with Crippen molar-refractivity contribution in [1.82, 2.24) is 19.7 Å². The highest BCUT2D eigenvalue weighted by molar-refractivity contribution is 7.22. The van der Waals surface area contributed by atoms with E-state index in [4.69, 9.17) is 4.98 Å². The number of thiazole rings is 1. The summed E-state index contributed by atoms with van der Waals surface area (Å²) in [5, 5.41) is 8.93.